The molecule has 0 saturated carbocycles. The van der Waals surface area contributed by atoms with Crippen LogP contribution in [-0.2, 0) is 12.8 Å². The largest absolute Gasteiger partial charge is 0.284 e. The number of halogens is 1. The zero-order valence-corrected chi connectivity index (χ0v) is 15.9. The molecular formula is C17H13BrN4O3S. The summed E-state index contributed by atoms with van der Waals surface area (Å²) in [4.78, 5) is 29.7. The Morgan fingerprint density at radius 3 is 2.96 bits per heavy atom. The number of hydrogen-bond donors (Lipinski definition) is 0. The second-order valence-electron chi connectivity index (χ2n) is 6.00. The van der Waals surface area contributed by atoms with E-state index in [9.17, 15) is 14.9 Å². The quantitative estimate of drug-likeness (QED) is 0.356. The Morgan fingerprint density at radius 1 is 1.35 bits per heavy atom. The van der Waals surface area contributed by atoms with Gasteiger partial charge in [-0.2, -0.15) is 9.78 Å². The molecule has 132 valence electrons. The summed E-state index contributed by atoms with van der Waals surface area (Å²) in [6, 6.07) is 4.67. The van der Waals surface area contributed by atoms with Crippen molar-refractivity contribution in [1.29, 1.82) is 0 Å². The summed E-state index contributed by atoms with van der Waals surface area (Å²) in [5.41, 5.74) is 1.39. The predicted octanol–water partition coefficient (Wildman–Crippen LogP) is 3.89. The summed E-state index contributed by atoms with van der Waals surface area (Å²) in [7, 11) is 0. The summed E-state index contributed by atoms with van der Waals surface area (Å²) < 4.78 is 1.59. The second-order valence-corrected chi connectivity index (χ2v) is 7.94. The van der Waals surface area contributed by atoms with Gasteiger partial charge in [0.25, 0.3) is 11.2 Å². The van der Waals surface area contributed by atoms with Crippen LogP contribution in [0.5, 0.6) is 0 Å². The topological polar surface area (TPSA) is 90.4 Å². The van der Waals surface area contributed by atoms with Gasteiger partial charge < -0.3 is 0 Å². The first kappa shape index (κ1) is 17.0. The Morgan fingerprint density at radius 2 is 2.15 bits per heavy atom. The highest BCUT2D eigenvalue weighted by molar-refractivity contribution is 9.10. The Labute approximate surface area is 160 Å². The van der Waals surface area contributed by atoms with Gasteiger partial charge in [0.2, 0.25) is 0 Å². The van der Waals surface area contributed by atoms with E-state index in [2.05, 4.69) is 26.0 Å². The molecule has 0 amide bonds. The molecule has 0 aliphatic heterocycles. The van der Waals surface area contributed by atoms with E-state index in [1.54, 1.807) is 23.5 Å². The fraction of sp³-hybridized carbons (Fsp3) is 0.235. The lowest BCUT2D eigenvalue weighted by Gasteiger charge is -2.09. The van der Waals surface area contributed by atoms with E-state index in [4.69, 9.17) is 0 Å². The Balaban J connectivity index is 1.75. The molecule has 9 heteroatoms. The molecule has 2 heterocycles. The highest BCUT2D eigenvalue weighted by Crippen LogP contribution is 2.33. The fourth-order valence-corrected chi connectivity index (χ4v) is 4.71. The highest BCUT2D eigenvalue weighted by Gasteiger charge is 2.19. The van der Waals surface area contributed by atoms with Crippen molar-refractivity contribution in [2.24, 2.45) is 5.10 Å². The number of aryl methyl sites for hydroxylation is 2. The summed E-state index contributed by atoms with van der Waals surface area (Å²) in [6.07, 6.45) is 6.96. The van der Waals surface area contributed by atoms with E-state index >= 15 is 0 Å². The van der Waals surface area contributed by atoms with Gasteiger partial charge in [0.05, 0.1) is 21.0 Å². The van der Waals surface area contributed by atoms with Gasteiger partial charge in [0, 0.05) is 16.5 Å². The summed E-state index contributed by atoms with van der Waals surface area (Å²) in [5.74, 6) is 0. The van der Waals surface area contributed by atoms with Crippen molar-refractivity contribution in [1.82, 2.24) is 9.66 Å². The smallest absolute Gasteiger partial charge is 0.267 e. The molecule has 0 spiro atoms. The predicted molar refractivity (Wildman–Crippen MR) is 104 cm³/mol. The molecule has 0 N–H and O–H groups in total. The Hall–Kier alpha value is -2.39. The molecule has 1 aromatic carbocycles. The summed E-state index contributed by atoms with van der Waals surface area (Å²) >= 11 is 4.73. The van der Waals surface area contributed by atoms with Crippen LogP contribution >= 0.6 is 27.3 Å². The molecule has 26 heavy (non-hydrogen) atoms. The molecule has 0 saturated heterocycles. The normalized spacial score (nSPS) is 14.0. The summed E-state index contributed by atoms with van der Waals surface area (Å²) in [6.45, 7) is 0. The Bertz CT molecular complexity index is 1120. The van der Waals surface area contributed by atoms with Crippen molar-refractivity contribution in [3.05, 3.63) is 65.5 Å². The third-order valence-corrected chi connectivity index (χ3v) is 6.23. The number of benzene rings is 1. The van der Waals surface area contributed by atoms with E-state index in [-0.39, 0.29) is 11.2 Å². The lowest BCUT2D eigenvalue weighted by atomic mass is 9.97. The van der Waals surface area contributed by atoms with Gasteiger partial charge in [-0.3, -0.25) is 14.9 Å². The number of nitro benzene ring substituents is 1. The third-order valence-electron chi connectivity index (χ3n) is 4.36. The first-order valence-corrected chi connectivity index (χ1v) is 9.66. The first-order valence-electron chi connectivity index (χ1n) is 8.05. The van der Waals surface area contributed by atoms with Crippen LogP contribution in [-0.4, -0.2) is 20.8 Å². The molecule has 0 unspecified atom stereocenters. The van der Waals surface area contributed by atoms with E-state index in [0.717, 1.165) is 36.1 Å². The van der Waals surface area contributed by atoms with E-state index < -0.39 is 4.92 Å². The maximum Gasteiger partial charge on any atom is 0.284 e. The van der Waals surface area contributed by atoms with Crippen LogP contribution < -0.4 is 5.56 Å². The molecule has 1 aliphatic rings. The number of thiophene rings is 1. The van der Waals surface area contributed by atoms with Gasteiger partial charge >= 0.3 is 0 Å². The van der Waals surface area contributed by atoms with Gasteiger partial charge in [0.1, 0.15) is 11.2 Å². The molecule has 0 bridgehead atoms. The minimum absolute atomic E-state index is 0.0539. The SMILES string of the molecule is O=c1c2c3c(sc2ncn1/N=C/c1ccc(Br)c([N+](=O)[O-])c1)CCCC3. The van der Waals surface area contributed by atoms with E-state index in [1.807, 2.05) is 0 Å². The van der Waals surface area contributed by atoms with Gasteiger partial charge in [0.15, 0.2) is 0 Å². The van der Waals surface area contributed by atoms with Gasteiger partial charge in [-0.05, 0) is 53.2 Å². The van der Waals surface area contributed by atoms with Crippen LogP contribution in [0.25, 0.3) is 10.2 Å². The standard InChI is InChI=1S/C17H13BrN4O3S/c18-12-6-5-10(7-13(12)22(24)25)8-20-21-9-19-16-15(17(21)23)11-3-1-2-4-14(11)26-16/h5-9H,1-4H2/b20-8+. The van der Waals surface area contributed by atoms with Crippen molar-refractivity contribution < 1.29 is 4.92 Å². The molecule has 0 radical (unpaired) electrons. The molecular weight excluding hydrogens is 420 g/mol. The third kappa shape index (κ3) is 2.97. The molecule has 1 aliphatic carbocycles. The van der Waals surface area contributed by atoms with Gasteiger partial charge in [-0.15, -0.1) is 11.3 Å². The molecule has 7 nitrogen and oxygen atoms in total. The maximum atomic E-state index is 12.8. The zero-order chi connectivity index (χ0) is 18.3. The first-order chi connectivity index (χ1) is 12.5. The van der Waals surface area contributed by atoms with E-state index in [0.29, 0.717) is 15.4 Å². The van der Waals surface area contributed by atoms with Crippen molar-refractivity contribution in [3.63, 3.8) is 0 Å². The fourth-order valence-electron chi connectivity index (χ4n) is 3.10. The van der Waals surface area contributed by atoms with Gasteiger partial charge in [-0.25, -0.2) is 4.98 Å². The molecule has 4 rings (SSSR count). The second kappa shape index (κ2) is 6.73. The van der Waals surface area contributed by atoms with Crippen molar-refractivity contribution in [2.75, 3.05) is 0 Å². The highest BCUT2D eigenvalue weighted by atomic mass is 79.9. The van der Waals surface area contributed by atoms with Crippen LogP contribution in [0, 0.1) is 10.1 Å². The lowest BCUT2D eigenvalue weighted by Crippen LogP contribution is -2.18. The van der Waals surface area contributed by atoms with Crippen LogP contribution in [0.3, 0.4) is 0 Å². The zero-order valence-electron chi connectivity index (χ0n) is 13.5. The number of nitro groups is 1. The molecule has 3 aromatic rings. The Kier molecular flexibility index (Phi) is 4.41. The van der Waals surface area contributed by atoms with Crippen LogP contribution in [0.2, 0.25) is 0 Å². The van der Waals surface area contributed by atoms with E-state index in [1.165, 1.54) is 28.2 Å². The molecule has 2 aromatic heterocycles. The van der Waals surface area contributed by atoms with Crippen LogP contribution in [0.15, 0.2) is 38.9 Å². The van der Waals surface area contributed by atoms with Gasteiger partial charge in [-0.1, -0.05) is 6.07 Å². The molecule has 0 atom stereocenters. The number of hydrogen-bond acceptors (Lipinski definition) is 6. The number of nitrogens with zero attached hydrogens (tertiary/aromatic N) is 4. The average Bonchev–Trinajstić information content (AvgIpc) is 3.01. The number of aromatic nitrogens is 2. The van der Waals surface area contributed by atoms with Crippen LogP contribution in [0.1, 0.15) is 28.8 Å². The van der Waals surface area contributed by atoms with Crippen molar-refractivity contribution in [3.8, 4) is 0 Å². The number of fused-ring (bicyclic) bond motifs is 3. The minimum atomic E-state index is -0.473. The average molecular weight is 433 g/mol. The van der Waals surface area contributed by atoms with Crippen LogP contribution in [0.4, 0.5) is 5.69 Å². The minimum Gasteiger partial charge on any atom is -0.267 e. The number of rotatable bonds is 3. The molecule has 0 fully saturated rings. The lowest BCUT2D eigenvalue weighted by molar-refractivity contribution is -0.385. The van der Waals surface area contributed by atoms with Crippen molar-refractivity contribution >= 4 is 49.4 Å². The summed E-state index contributed by atoms with van der Waals surface area (Å²) in [5, 5.41) is 15.8. The maximum absolute atomic E-state index is 12.8. The monoisotopic (exact) mass is 432 g/mol. The van der Waals surface area contributed by atoms with Crippen molar-refractivity contribution in [2.45, 2.75) is 25.7 Å².